The first-order valence-electron chi connectivity index (χ1n) is 7.71. The number of halogens is 3. The summed E-state index contributed by atoms with van der Waals surface area (Å²) in [5, 5.41) is 2.71. The fourth-order valence-electron chi connectivity index (χ4n) is 2.72. The zero-order chi connectivity index (χ0) is 16.8. The Hall–Kier alpha value is -1.73. The normalized spacial score (nSPS) is 17.1. The molecule has 1 saturated heterocycles. The van der Waals surface area contributed by atoms with Gasteiger partial charge in [-0.25, -0.2) is 8.78 Å². The van der Waals surface area contributed by atoms with Gasteiger partial charge in [-0.2, -0.15) is 0 Å². The number of hydrogen-bond acceptors (Lipinski definition) is 3. The largest absolute Gasteiger partial charge is 0.355 e. The molecule has 0 bridgehead atoms. The fraction of sp³-hybridized carbons (Fsp3) is 0.500. The predicted molar refractivity (Wildman–Crippen MR) is 88.7 cm³/mol. The number of hydrogen-bond donors (Lipinski definition) is 2. The second-order valence-corrected chi connectivity index (χ2v) is 5.64. The Morgan fingerprint density at radius 2 is 1.96 bits per heavy atom. The molecular formula is C16H22ClF2N3O2. The van der Waals surface area contributed by atoms with Crippen LogP contribution in [0.3, 0.4) is 0 Å². The third-order valence-electron chi connectivity index (χ3n) is 3.98. The highest BCUT2D eigenvalue weighted by Crippen LogP contribution is 2.19. The summed E-state index contributed by atoms with van der Waals surface area (Å²) in [6.07, 6.45) is 1.04. The number of benzene rings is 1. The van der Waals surface area contributed by atoms with Gasteiger partial charge in [-0.1, -0.05) is 6.07 Å². The summed E-state index contributed by atoms with van der Waals surface area (Å²) in [7, 11) is 0. The molecule has 1 aromatic rings. The van der Waals surface area contributed by atoms with Crippen molar-refractivity contribution in [3.8, 4) is 0 Å². The van der Waals surface area contributed by atoms with Gasteiger partial charge in [0.15, 0.2) is 0 Å². The van der Waals surface area contributed by atoms with Gasteiger partial charge in [-0.3, -0.25) is 9.59 Å². The van der Waals surface area contributed by atoms with Gasteiger partial charge in [0.2, 0.25) is 11.8 Å². The van der Waals surface area contributed by atoms with Gasteiger partial charge < -0.3 is 16.0 Å². The number of carbonyl (C=O) groups is 2. The molecular weight excluding hydrogens is 340 g/mol. The molecule has 0 aromatic heterocycles. The van der Waals surface area contributed by atoms with Crippen molar-refractivity contribution in [1.29, 1.82) is 0 Å². The quantitative estimate of drug-likeness (QED) is 0.828. The number of carbonyl (C=O) groups excluding carboxylic acids is 2. The van der Waals surface area contributed by atoms with Crippen LogP contribution in [0.4, 0.5) is 8.78 Å². The van der Waals surface area contributed by atoms with E-state index in [1.807, 2.05) is 0 Å². The maximum absolute atomic E-state index is 13.6. The van der Waals surface area contributed by atoms with Crippen molar-refractivity contribution < 1.29 is 18.4 Å². The summed E-state index contributed by atoms with van der Waals surface area (Å²) in [5.74, 6) is -2.26. The number of nitrogens with one attached hydrogen (secondary N) is 1. The summed E-state index contributed by atoms with van der Waals surface area (Å²) >= 11 is 0. The highest BCUT2D eigenvalue weighted by atomic mass is 35.5. The average molecular weight is 362 g/mol. The Morgan fingerprint density at radius 3 is 2.58 bits per heavy atom. The van der Waals surface area contributed by atoms with Crippen molar-refractivity contribution in [2.45, 2.75) is 19.3 Å². The number of piperidine rings is 1. The average Bonchev–Trinajstić information content (AvgIpc) is 2.56. The number of likely N-dealkylation sites (tertiary alicyclic amines) is 1. The van der Waals surface area contributed by atoms with Crippen LogP contribution in [-0.2, 0) is 16.0 Å². The van der Waals surface area contributed by atoms with Crippen LogP contribution in [0, 0.1) is 17.6 Å². The van der Waals surface area contributed by atoms with Crippen LogP contribution in [-0.4, -0.2) is 42.9 Å². The van der Waals surface area contributed by atoms with E-state index in [-0.39, 0.29) is 48.7 Å². The number of rotatable bonds is 5. The molecule has 1 heterocycles. The Balaban J connectivity index is 0.00000288. The summed E-state index contributed by atoms with van der Waals surface area (Å²) < 4.78 is 27.3. The standard InChI is InChI=1S/C16H21F2N3O2.ClH/c17-13-4-1-5-14(18)12(13)9-15(22)21-8-2-3-11(10-21)16(23)20-7-6-19;/h1,4-5,11H,2-3,6-10,19H2,(H,20,23);1H. The second kappa shape index (κ2) is 9.54. The Morgan fingerprint density at radius 1 is 1.29 bits per heavy atom. The summed E-state index contributed by atoms with van der Waals surface area (Å²) in [6.45, 7) is 1.51. The second-order valence-electron chi connectivity index (χ2n) is 5.64. The van der Waals surface area contributed by atoms with Gasteiger partial charge in [-0.05, 0) is 25.0 Å². The minimum Gasteiger partial charge on any atom is -0.355 e. The third-order valence-corrected chi connectivity index (χ3v) is 3.98. The number of nitrogens with two attached hydrogens (primary N) is 1. The molecule has 2 amide bonds. The predicted octanol–water partition coefficient (Wildman–Crippen LogP) is 1.24. The van der Waals surface area contributed by atoms with E-state index in [0.717, 1.165) is 12.1 Å². The van der Waals surface area contributed by atoms with Gasteiger partial charge in [0.1, 0.15) is 11.6 Å². The Bertz CT molecular complexity index is 566. The minimum atomic E-state index is -0.729. The molecule has 1 aromatic carbocycles. The molecule has 5 nitrogen and oxygen atoms in total. The van der Waals surface area contributed by atoms with E-state index < -0.39 is 11.6 Å². The highest BCUT2D eigenvalue weighted by Gasteiger charge is 2.28. The summed E-state index contributed by atoms with van der Waals surface area (Å²) in [6, 6.07) is 3.52. The van der Waals surface area contributed by atoms with Crippen molar-refractivity contribution >= 4 is 24.2 Å². The monoisotopic (exact) mass is 361 g/mol. The lowest BCUT2D eigenvalue weighted by Gasteiger charge is -2.32. The topological polar surface area (TPSA) is 75.4 Å². The lowest BCUT2D eigenvalue weighted by molar-refractivity contribution is -0.135. The summed E-state index contributed by atoms with van der Waals surface area (Å²) in [5.41, 5.74) is 5.12. The van der Waals surface area contributed by atoms with Gasteiger partial charge >= 0.3 is 0 Å². The first-order chi connectivity index (χ1) is 11.0. The van der Waals surface area contributed by atoms with Crippen molar-refractivity contribution in [3.63, 3.8) is 0 Å². The van der Waals surface area contributed by atoms with Crippen LogP contribution in [0.5, 0.6) is 0 Å². The minimum absolute atomic E-state index is 0. The van der Waals surface area contributed by atoms with Crippen LogP contribution in [0.25, 0.3) is 0 Å². The molecule has 2 rings (SSSR count). The molecule has 1 aliphatic rings. The van der Waals surface area contributed by atoms with E-state index in [0.29, 0.717) is 32.5 Å². The van der Waals surface area contributed by atoms with E-state index in [1.54, 1.807) is 0 Å². The third kappa shape index (κ3) is 5.14. The fourth-order valence-corrected chi connectivity index (χ4v) is 2.72. The lowest BCUT2D eigenvalue weighted by atomic mass is 9.96. The van der Waals surface area contributed by atoms with Crippen molar-refractivity contribution in [3.05, 3.63) is 35.4 Å². The van der Waals surface area contributed by atoms with E-state index >= 15 is 0 Å². The van der Waals surface area contributed by atoms with E-state index in [2.05, 4.69) is 5.32 Å². The molecule has 8 heteroatoms. The lowest BCUT2D eigenvalue weighted by Crippen LogP contribution is -2.46. The molecule has 1 aliphatic heterocycles. The summed E-state index contributed by atoms with van der Waals surface area (Å²) in [4.78, 5) is 25.8. The molecule has 134 valence electrons. The molecule has 3 N–H and O–H groups in total. The van der Waals surface area contributed by atoms with Gasteiger partial charge in [0.25, 0.3) is 0 Å². The SMILES string of the molecule is Cl.NCCNC(=O)C1CCCN(C(=O)Cc2c(F)cccc2F)C1. The van der Waals surface area contributed by atoms with Crippen molar-refractivity contribution in [2.24, 2.45) is 11.7 Å². The maximum atomic E-state index is 13.6. The van der Waals surface area contributed by atoms with Crippen molar-refractivity contribution in [2.75, 3.05) is 26.2 Å². The van der Waals surface area contributed by atoms with E-state index in [9.17, 15) is 18.4 Å². The van der Waals surface area contributed by atoms with Crippen LogP contribution < -0.4 is 11.1 Å². The highest BCUT2D eigenvalue weighted by molar-refractivity contribution is 5.85. The zero-order valence-electron chi connectivity index (χ0n) is 13.3. The molecule has 0 aliphatic carbocycles. The van der Waals surface area contributed by atoms with Gasteiger partial charge in [-0.15, -0.1) is 12.4 Å². The zero-order valence-corrected chi connectivity index (χ0v) is 14.1. The first kappa shape index (κ1) is 20.3. The van der Waals surface area contributed by atoms with Crippen LogP contribution >= 0.6 is 12.4 Å². The molecule has 1 unspecified atom stereocenters. The van der Waals surface area contributed by atoms with Gasteiger partial charge in [0.05, 0.1) is 12.3 Å². The molecule has 0 radical (unpaired) electrons. The Labute approximate surface area is 146 Å². The maximum Gasteiger partial charge on any atom is 0.227 e. The van der Waals surface area contributed by atoms with E-state index in [4.69, 9.17) is 5.73 Å². The smallest absolute Gasteiger partial charge is 0.227 e. The van der Waals surface area contributed by atoms with Crippen LogP contribution in [0.15, 0.2) is 18.2 Å². The molecule has 0 saturated carbocycles. The number of amides is 2. The van der Waals surface area contributed by atoms with Crippen LogP contribution in [0.2, 0.25) is 0 Å². The van der Waals surface area contributed by atoms with Crippen LogP contribution in [0.1, 0.15) is 18.4 Å². The van der Waals surface area contributed by atoms with Gasteiger partial charge in [0, 0.05) is 31.7 Å². The number of nitrogens with zero attached hydrogens (tertiary/aromatic N) is 1. The molecule has 24 heavy (non-hydrogen) atoms. The first-order valence-corrected chi connectivity index (χ1v) is 7.71. The molecule has 0 spiro atoms. The molecule has 1 atom stereocenters. The Kier molecular flexibility index (Phi) is 8.07. The van der Waals surface area contributed by atoms with E-state index in [1.165, 1.54) is 11.0 Å². The van der Waals surface area contributed by atoms with Crippen molar-refractivity contribution in [1.82, 2.24) is 10.2 Å². The molecule has 1 fully saturated rings.